The maximum atomic E-state index is 12.8. The lowest BCUT2D eigenvalue weighted by atomic mass is 10.1. The lowest BCUT2D eigenvalue weighted by Gasteiger charge is -2.24. The summed E-state index contributed by atoms with van der Waals surface area (Å²) in [7, 11) is -0.993. The molecular weight excluding hydrogens is 424 g/mol. The van der Waals surface area contributed by atoms with Crippen LogP contribution in [0.1, 0.15) is 22.8 Å². The van der Waals surface area contributed by atoms with Gasteiger partial charge in [-0.1, -0.05) is 6.07 Å². The zero-order chi connectivity index (χ0) is 23.2. The van der Waals surface area contributed by atoms with Gasteiger partial charge in [-0.3, -0.25) is 9.10 Å². The number of aryl methyl sites for hydroxylation is 1. The number of esters is 1. The topological polar surface area (TPSA) is 111 Å². The number of hydrogen-bond donors (Lipinski definition) is 1. The van der Waals surface area contributed by atoms with E-state index in [9.17, 15) is 18.0 Å². The minimum absolute atomic E-state index is 0.163. The number of nitrogens with one attached hydrogen (secondary N) is 1. The van der Waals surface area contributed by atoms with Crippen LogP contribution in [0.5, 0.6) is 11.5 Å². The Balaban J connectivity index is 2.34. The predicted molar refractivity (Wildman–Crippen MR) is 118 cm³/mol. The van der Waals surface area contributed by atoms with E-state index in [2.05, 4.69) is 5.32 Å². The van der Waals surface area contributed by atoms with E-state index in [1.54, 1.807) is 38.1 Å². The zero-order valence-electron chi connectivity index (χ0n) is 18.1. The fourth-order valence-electron chi connectivity index (χ4n) is 2.79. The Labute approximate surface area is 182 Å². The second-order valence-electron chi connectivity index (χ2n) is 6.61. The Hall–Kier alpha value is -3.27. The van der Waals surface area contributed by atoms with E-state index in [0.717, 1.165) is 10.6 Å². The Bertz CT molecular complexity index is 1070. The Kier molecular flexibility index (Phi) is 7.87. The molecule has 0 aliphatic rings. The van der Waals surface area contributed by atoms with E-state index < -0.39 is 28.4 Å². The standard InChI is InChI=1S/C21H26N2O7S/c1-6-30-21(25)15-8-7-14(2)17(11-15)22-20(24)13-23(31(5,26)27)18-12-16(28-3)9-10-19(18)29-4/h7-12H,6,13H2,1-5H3,(H,22,24). The monoisotopic (exact) mass is 450 g/mol. The van der Waals surface area contributed by atoms with Crippen LogP contribution in [0, 0.1) is 6.92 Å². The largest absolute Gasteiger partial charge is 0.497 e. The molecule has 1 N–H and O–H groups in total. The first-order valence-corrected chi connectivity index (χ1v) is 11.2. The highest BCUT2D eigenvalue weighted by atomic mass is 32.2. The highest BCUT2D eigenvalue weighted by Gasteiger charge is 2.25. The van der Waals surface area contributed by atoms with Gasteiger partial charge in [0, 0.05) is 11.8 Å². The molecule has 0 bridgehead atoms. The van der Waals surface area contributed by atoms with Crippen molar-refractivity contribution in [1.29, 1.82) is 0 Å². The number of carbonyl (C=O) groups excluding carboxylic acids is 2. The Morgan fingerprint density at radius 2 is 1.77 bits per heavy atom. The molecule has 10 heteroatoms. The molecule has 0 unspecified atom stereocenters. The Morgan fingerprint density at radius 3 is 2.35 bits per heavy atom. The number of hydrogen-bond acceptors (Lipinski definition) is 7. The van der Waals surface area contributed by atoms with Gasteiger partial charge in [-0.25, -0.2) is 13.2 Å². The van der Waals surface area contributed by atoms with Gasteiger partial charge in [0.2, 0.25) is 15.9 Å². The second-order valence-corrected chi connectivity index (χ2v) is 8.51. The van der Waals surface area contributed by atoms with Crippen LogP contribution in [0.2, 0.25) is 0 Å². The van der Waals surface area contributed by atoms with Gasteiger partial charge in [-0.15, -0.1) is 0 Å². The maximum Gasteiger partial charge on any atom is 0.338 e. The molecule has 2 rings (SSSR count). The van der Waals surface area contributed by atoms with Gasteiger partial charge in [-0.2, -0.15) is 0 Å². The van der Waals surface area contributed by atoms with Crippen molar-refractivity contribution in [2.24, 2.45) is 0 Å². The summed E-state index contributed by atoms with van der Waals surface area (Å²) in [5.41, 5.74) is 1.52. The fraction of sp³-hybridized carbons (Fsp3) is 0.333. The van der Waals surface area contributed by atoms with Gasteiger partial charge < -0.3 is 19.5 Å². The molecule has 0 saturated heterocycles. The number of anilines is 2. The molecule has 0 radical (unpaired) electrons. The van der Waals surface area contributed by atoms with Gasteiger partial charge in [0.1, 0.15) is 18.0 Å². The van der Waals surface area contributed by atoms with E-state index in [1.807, 2.05) is 0 Å². The number of benzene rings is 2. The summed E-state index contributed by atoms with van der Waals surface area (Å²) in [5.74, 6) is -0.446. The van der Waals surface area contributed by atoms with E-state index in [0.29, 0.717) is 17.0 Å². The van der Waals surface area contributed by atoms with Crippen molar-refractivity contribution >= 4 is 33.3 Å². The molecular formula is C21H26N2O7S. The lowest BCUT2D eigenvalue weighted by molar-refractivity contribution is -0.114. The average molecular weight is 451 g/mol. The number of sulfonamides is 1. The van der Waals surface area contributed by atoms with Crippen molar-refractivity contribution in [2.75, 3.05) is 43.2 Å². The molecule has 0 aliphatic heterocycles. The average Bonchev–Trinajstić information content (AvgIpc) is 2.72. The second kappa shape index (κ2) is 10.2. The van der Waals surface area contributed by atoms with Crippen LogP contribution < -0.4 is 19.1 Å². The van der Waals surface area contributed by atoms with Crippen LogP contribution in [0.15, 0.2) is 36.4 Å². The van der Waals surface area contributed by atoms with Crippen LogP contribution in [0.4, 0.5) is 11.4 Å². The smallest absolute Gasteiger partial charge is 0.338 e. The molecule has 0 spiro atoms. The molecule has 9 nitrogen and oxygen atoms in total. The molecule has 31 heavy (non-hydrogen) atoms. The number of ether oxygens (including phenoxy) is 3. The molecule has 1 amide bonds. The molecule has 2 aromatic carbocycles. The molecule has 0 fully saturated rings. The van der Waals surface area contributed by atoms with Gasteiger partial charge in [0.15, 0.2) is 0 Å². The zero-order valence-corrected chi connectivity index (χ0v) is 18.9. The van der Waals surface area contributed by atoms with Crippen molar-refractivity contribution in [2.45, 2.75) is 13.8 Å². The summed E-state index contributed by atoms with van der Waals surface area (Å²) in [5, 5.41) is 2.66. The summed E-state index contributed by atoms with van der Waals surface area (Å²) in [6.07, 6.45) is 0.992. The molecule has 0 heterocycles. The first-order chi connectivity index (χ1) is 14.6. The van der Waals surface area contributed by atoms with E-state index >= 15 is 0 Å². The highest BCUT2D eigenvalue weighted by molar-refractivity contribution is 7.92. The Morgan fingerprint density at radius 1 is 1.06 bits per heavy atom. The maximum absolute atomic E-state index is 12.8. The van der Waals surface area contributed by atoms with Crippen LogP contribution in [-0.2, 0) is 19.6 Å². The number of nitrogens with zero attached hydrogens (tertiary/aromatic N) is 1. The minimum Gasteiger partial charge on any atom is -0.497 e. The van der Waals surface area contributed by atoms with Crippen LogP contribution in [0.3, 0.4) is 0 Å². The fourth-order valence-corrected chi connectivity index (χ4v) is 3.64. The molecule has 2 aromatic rings. The third kappa shape index (κ3) is 6.11. The molecule has 0 aromatic heterocycles. The van der Waals surface area contributed by atoms with E-state index in [1.165, 1.54) is 26.4 Å². The summed E-state index contributed by atoms with van der Waals surface area (Å²) < 4.78 is 41.2. The summed E-state index contributed by atoms with van der Waals surface area (Å²) in [6, 6.07) is 9.39. The van der Waals surface area contributed by atoms with Gasteiger partial charge >= 0.3 is 5.97 Å². The highest BCUT2D eigenvalue weighted by Crippen LogP contribution is 2.33. The van der Waals surface area contributed by atoms with Crippen molar-refractivity contribution in [3.05, 3.63) is 47.5 Å². The first kappa shape index (κ1) is 24.0. The first-order valence-electron chi connectivity index (χ1n) is 9.38. The van der Waals surface area contributed by atoms with Crippen LogP contribution >= 0.6 is 0 Å². The van der Waals surface area contributed by atoms with Crippen molar-refractivity contribution in [3.63, 3.8) is 0 Å². The van der Waals surface area contributed by atoms with E-state index in [4.69, 9.17) is 14.2 Å². The normalized spacial score (nSPS) is 10.9. The van der Waals surface area contributed by atoms with Crippen LogP contribution in [0.25, 0.3) is 0 Å². The number of rotatable bonds is 9. The number of amides is 1. The van der Waals surface area contributed by atoms with Gasteiger partial charge in [0.25, 0.3) is 0 Å². The van der Waals surface area contributed by atoms with E-state index in [-0.39, 0.29) is 23.6 Å². The summed E-state index contributed by atoms with van der Waals surface area (Å²) in [6.45, 7) is 3.16. The molecule has 168 valence electrons. The molecule has 0 saturated carbocycles. The SMILES string of the molecule is CCOC(=O)c1ccc(C)c(NC(=O)CN(c2cc(OC)ccc2OC)S(C)(=O)=O)c1. The lowest BCUT2D eigenvalue weighted by Crippen LogP contribution is -2.37. The number of methoxy groups -OCH3 is 2. The molecule has 0 aliphatic carbocycles. The van der Waals surface area contributed by atoms with Gasteiger partial charge in [0.05, 0.1) is 38.3 Å². The third-order valence-corrected chi connectivity index (χ3v) is 5.49. The van der Waals surface area contributed by atoms with Crippen LogP contribution in [-0.4, -0.2) is 53.9 Å². The number of carbonyl (C=O) groups is 2. The van der Waals surface area contributed by atoms with Crippen molar-refractivity contribution in [1.82, 2.24) is 0 Å². The van der Waals surface area contributed by atoms with Gasteiger partial charge in [-0.05, 0) is 43.7 Å². The predicted octanol–water partition coefficient (Wildman–Crippen LogP) is 2.59. The quantitative estimate of drug-likeness (QED) is 0.585. The van der Waals surface area contributed by atoms with Crippen molar-refractivity contribution < 1.29 is 32.2 Å². The third-order valence-electron chi connectivity index (χ3n) is 4.37. The summed E-state index contributed by atoms with van der Waals surface area (Å²) >= 11 is 0. The summed E-state index contributed by atoms with van der Waals surface area (Å²) in [4.78, 5) is 24.7. The van der Waals surface area contributed by atoms with Crippen molar-refractivity contribution in [3.8, 4) is 11.5 Å². The minimum atomic E-state index is -3.84. The molecule has 0 atom stereocenters.